The highest BCUT2D eigenvalue weighted by molar-refractivity contribution is 5.13. The Morgan fingerprint density at radius 1 is 1.27 bits per heavy atom. The first-order valence-electron chi connectivity index (χ1n) is 6.05. The van der Waals surface area contributed by atoms with Crippen molar-refractivity contribution in [1.29, 1.82) is 0 Å². The number of likely N-dealkylation sites (tertiary alicyclic amines) is 1. The largest absolute Gasteiger partial charge is 0.349 e. The molecule has 1 aliphatic rings. The molecule has 1 aliphatic heterocycles. The summed E-state index contributed by atoms with van der Waals surface area (Å²) in [5.41, 5.74) is 2.81. The zero-order valence-electron chi connectivity index (χ0n) is 10.2. The summed E-state index contributed by atoms with van der Waals surface area (Å²) in [7, 11) is 0. The lowest BCUT2D eigenvalue weighted by molar-refractivity contribution is 0.331. The van der Waals surface area contributed by atoms with E-state index in [2.05, 4.69) is 42.4 Å². The lowest BCUT2D eigenvalue weighted by atomic mass is 10.1. The van der Waals surface area contributed by atoms with Crippen molar-refractivity contribution in [2.24, 2.45) is 5.92 Å². The third kappa shape index (κ3) is 2.25. The van der Waals surface area contributed by atoms with E-state index in [0.29, 0.717) is 0 Å². The Morgan fingerprint density at radius 2 is 1.93 bits per heavy atom. The highest BCUT2D eigenvalue weighted by Gasteiger charge is 2.21. The van der Waals surface area contributed by atoms with Crippen molar-refractivity contribution >= 4 is 0 Å². The molecule has 0 bridgehead atoms. The van der Waals surface area contributed by atoms with Crippen LogP contribution in [0.25, 0.3) is 0 Å². The number of rotatable bonds is 3. The van der Waals surface area contributed by atoms with Crippen molar-refractivity contribution in [3.8, 4) is 0 Å². The van der Waals surface area contributed by atoms with Crippen molar-refractivity contribution in [2.75, 3.05) is 19.6 Å². The third-order valence-electron chi connectivity index (χ3n) is 3.68. The van der Waals surface area contributed by atoms with Gasteiger partial charge < -0.3 is 9.47 Å². The molecule has 1 unspecified atom stereocenters. The summed E-state index contributed by atoms with van der Waals surface area (Å²) in [6.07, 6.45) is 1.37. The summed E-state index contributed by atoms with van der Waals surface area (Å²) in [6, 6.07) is 4.45. The van der Waals surface area contributed by atoms with Gasteiger partial charge in [-0.15, -0.1) is 0 Å². The van der Waals surface area contributed by atoms with E-state index < -0.39 is 0 Å². The molecule has 0 amide bonds. The summed E-state index contributed by atoms with van der Waals surface area (Å²) in [5.74, 6) is 0.856. The minimum Gasteiger partial charge on any atom is -0.349 e. The number of aryl methyl sites for hydroxylation is 2. The van der Waals surface area contributed by atoms with E-state index in [0.717, 1.165) is 5.92 Å². The van der Waals surface area contributed by atoms with Crippen molar-refractivity contribution < 1.29 is 0 Å². The SMILES string of the molecule is CCN1CCC(Cn2c(C)ccc2C)C1. The first kappa shape index (κ1) is 10.7. The molecule has 0 radical (unpaired) electrons. The van der Waals surface area contributed by atoms with Crippen LogP contribution >= 0.6 is 0 Å². The van der Waals surface area contributed by atoms with Crippen LogP contribution in [0.1, 0.15) is 24.7 Å². The monoisotopic (exact) mass is 206 g/mol. The number of hydrogen-bond donors (Lipinski definition) is 0. The van der Waals surface area contributed by atoms with Gasteiger partial charge in [-0.2, -0.15) is 0 Å². The van der Waals surface area contributed by atoms with Crippen LogP contribution < -0.4 is 0 Å². The van der Waals surface area contributed by atoms with Crippen LogP contribution in [0.3, 0.4) is 0 Å². The quantitative estimate of drug-likeness (QED) is 0.737. The van der Waals surface area contributed by atoms with E-state index in [9.17, 15) is 0 Å². The standard InChI is InChI=1S/C13H22N2/c1-4-14-8-7-13(9-14)10-15-11(2)5-6-12(15)3/h5-6,13H,4,7-10H2,1-3H3. The van der Waals surface area contributed by atoms with Gasteiger partial charge in [0, 0.05) is 24.5 Å². The Labute approximate surface area is 92.9 Å². The molecular formula is C13H22N2. The minimum atomic E-state index is 0.856. The Kier molecular flexibility index (Phi) is 3.15. The molecular weight excluding hydrogens is 184 g/mol. The lowest BCUT2D eigenvalue weighted by Gasteiger charge is -2.16. The highest BCUT2D eigenvalue weighted by Crippen LogP contribution is 2.20. The van der Waals surface area contributed by atoms with Crippen LogP contribution in [-0.4, -0.2) is 29.1 Å². The number of hydrogen-bond acceptors (Lipinski definition) is 1. The van der Waals surface area contributed by atoms with E-state index in [-0.39, 0.29) is 0 Å². The van der Waals surface area contributed by atoms with Gasteiger partial charge in [-0.05, 0) is 51.4 Å². The average molecular weight is 206 g/mol. The molecule has 15 heavy (non-hydrogen) atoms. The molecule has 1 aromatic rings. The molecule has 2 nitrogen and oxygen atoms in total. The van der Waals surface area contributed by atoms with Gasteiger partial charge in [0.15, 0.2) is 0 Å². The van der Waals surface area contributed by atoms with Crippen LogP contribution in [0.4, 0.5) is 0 Å². The molecule has 2 heterocycles. The molecule has 0 aliphatic carbocycles. The lowest BCUT2D eigenvalue weighted by Crippen LogP contribution is -2.21. The van der Waals surface area contributed by atoms with Gasteiger partial charge >= 0.3 is 0 Å². The van der Waals surface area contributed by atoms with Crippen LogP contribution in [0.5, 0.6) is 0 Å². The fourth-order valence-corrected chi connectivity index (χ4v) is 2.59. The summed E-state index contributed by atoms with van der Waals surface area (Å²) in [5, 5.41) is 0. The molecule has 1 saturated heterocycles. The molecule has 0 N–H and O–H groups in total. The molecule has 1 atom stereocenters. The molecule has 2 rings (SSSR count). The normalized spacial score (nSPS) is 22.5. The highest BCUT2D eigenvalue weighted by atomic mass is 15.1. The topological polar surface area (TPSA) is 8.17 Å². The molecule has 2 heteroatoms. The van der Waals surface area contributed by atoms with Gasteiger partial charge in [-0.3, -0.25) is 0 Å². The zero-order valence-corrected chi connectivity index (χ0v) is 10.2. The van der Waals surface area contributed by atoms with Crippen molar-refractivity contribution in [1.82, 2.24) is 9.47 Å². The molecule has 0 spiro atoms. The molecule has 84 valence electrons. The van der Waals surface area contributed by atoms with Crippen LogP contribution in [0.2, 0.25) is 0 Å². The van der Waals surface area contributed by atoms with Crippen LogP contribution in [-0.2, 0) is 6.54 Å². The Morgan fingerprint density at radius 3 is 2.47 bits per heavy atom. The minimum absolute atomic E-state index is 0.856. The predicted molar refractivity (Wildman–Crippen MR) is 64.1 cm³/mol. The van der Waals surface area contributed by atoms with Gasteiger partial charge in [0.2, 0.25) is 0 Å². The second kappa shape index (κ2) is 4.40. The fraction of sp³-hybridized carbons (Fsp3) is 0.692. The first-order valence-corrected chi connectivity index (χ1v) is 6.05. The zero-order chi connectivity index (χ0) is 10.8. The van der Waals surface area contributed by atoms with Crippen molar-refractivity contribution in [3.05, 3.63) is 23.5 Å². The maximum atomic E-state index is 2.55. The molecule has 0 saturated carbocycles. The number of aromatic nitrogens is 1. The summed E-state index contributed by atoms with van der Waals surface area (Å²) in [6.45, 7) is 11.7. The van der Waals surface area contributed by atoms with E-state index in [1.165, 1.54) is 44.0 Å². The maximum absolute atomic E-state index is 2.55. The van der Waals surface area contributed by atoms with Crippen molar-refractivity contribution in [3.63, 3.8) is 0 Å². The predicted octanol–water partition coefficient (Wildman–Crippen LogP) is 2.45. The molecule has 1 aromatic heterocycles. The van der Waals surface area contributed by atoms with E-state index in [4.69, 9.17) is 0 Å². The molecule has 0 aromatic carbocycles. The Hall–Kier alpha value is -0.760. The fourth-order valence-electron chi connectivity index (χ4n) is 2.59. The average Bonchev–Trinajstić information content (AvgIpc) is 2.80. The van der Waals surface area contributed by atoms with E-state index in [1.54, 1.807) is 0 Å². The first-order chi connectivity index (χ1) is 7.20. The Bertz CT molecular complexity index is 308. The summed E-state index contributed by atoms with van der Waals surface area (Å²) in [4.78, 5) is 2.55. The van der Waals surface area contributed by atoms with E-state index >= 15 is 0 Å². The van der Waals surface area contributed by atoms with Gasteiger partial charge in [0.25, 0.3) is 0 Å². The van der Waals surface area contributed by atoms with Gasteiger partial charge in [-0.1, -0.05) is 6.92 Å². The Balaban J connectivity index is 1.98. The molecule has 1 fully saturated rings. The van der Waals surface area contributed by atoms with Gasteiger partial charge in [-0.25, -0.2) is 0 Å². The van der Waals surface area contributed by atoms with Gasteiger partial charge in [0.05, 0.1) is 0 Å². The number of nitrogens with zero attached hydrogens (tertiary/aromatic N) is 2. The maximum Gasteiger partial charge on any atom is 0.0265 e. The van der Waals surface area contributed by atoms with Crippen LogP contribution in [0, 0.1) is 19.8 Å². The summed E-state index contributed by atoms with van der Waals surface area (Å²) < 4.78 is 2.46. The summed E-state index contributed by atoms with van der Waals surface area (Å²) >= 11 is 0. The third-order valence-corrected chi connectivity index (χ3v) is 3.68. The van der Waals surface area contributed by atoms with Crippen molar-refractivity contribution in [2.45, 2.75) is 33.7 Å². The van der Waals surface area contributed by atoms with E-state index in [1.807, 2.05) is 0 Å². The van der Waals surface area contributed by atoms with Crippen LogP contribution in [0.15, 0.2) is 12.1 Å². The second-order valence-electron chi connectivity index (χ2n) is 4.77. The smallest absolute Gasteiger partial charge is 0.0265 e. The second-order valence-corrected chi connectivity index (χ2v) is 4.77. The van der Waals surface area contributed by atoms with Gasteiger partial charge in [0.1, 0.15) is 0 Å².